The smallest absolute Gasteiger partial charge is 0.243 e. The van der Waals surface area contributed by atoms with Crippen LogP contribution in [-0.2, 0) is 16.6 Å². The second-order valence-electron chi connectivity index (χ2n) is 7.20. The Morgan fingerprint density at radius 1 is 1.07 bits per heavy atom. The summed E-state index contributed by atoms with van der Waals surface area (Å²) in [5, 5.41) is 8.23. The highest BCUT2D eigenvalue weighted by Gasteiger charge is 2.24. The lowest BCUT2D eigenvalue weighted by Gasteiger charge is -2.18. The summed E-state index contributed by atoms with van der Waals surface area (Å²) in [5.41, 5.74) is 3.79. The van der Waals surface area contributed by atoms with E-state index >= 15 is 0 Å². The van der Waals surface area contributed by atoms with Gasteiger partial charge in [0.1, 0.15) is 0 Å². The number of aromatic nitrogens is 3. The Labute approximate surface area is 175 Å². The molecule has 0 atom stereocenters. The number of hydrogen-bond acceptors (Lipinski definition) is 5. The van der Waals surface area contributed by atoms with Crippen molar-refractivity contribution >= 4 is 10.0 Å². The third-order valence-corrected chi connectivity index (χ3v) is 6.80. The van der Waals surface area contributed by atoms with Gasteiger partial charge in [0.25, 0.3) is 0 Å². The zero-order valence-electron chi connectivity index (χ0n) is 17.0. The van der Waals surface area contributed by atoms with Gasteiger partial charge in [0, 0.05) is 37.0 Å². The number of rotatable bonds is 6. The molecule has 0 saturated heterocycles. The fourth-order valence-electron chi connectivity index (χ4n) is 3.20. The number of hydrogen-bond donors (Lipinski definition) is 0. The summed E-state index contributed by atoms with van der Waals surface area (Å²) >= 11 is 0. The van der Waals surface area contributed by atoms with Crippen molar-refractivity contribution in [3.63, 3.8) is 0 Å². The molecule has 0 fully saturated rings. The van der Waals surface area contributed by atoms with Gasteiger partial charge in [0.2, 0.25) is 10.0 Å². The number of para-hydroxylation sites is 1. The Balaban J connectivity index is 1.60. The first-order valence-electron chi connectivity index (χ1n) is 9.44. The molecule has 154 valence electrons. The fourth-order valence-corrected chi connectivity index (χ4v) is 4.61. The normalized spacial score (nSPS) is 11.9. The Hall–Kier alpha value is -3.23. The van der Waals surface area contributed by atoms with Gasteiger partial charge in [-0.25, -0.2) is 13.1 Å². The molecule has 0 bridgehead atoms. The maximum atomic E-state index is 13.3. The monoisotopic (exact) mass is 422 g/mol. The standard InChI is InChI=1S/C22H22N4O3S/c1-16-9-10-19(21-11-17(2)24-29-21)12-22(16)30(27,28)25(3)14-18-13-23-26(15-18)20-7-5-4-6-8-20/h4-13,15H,14H2,1-3H3. The molecule has 30 heavy (non-hydrogen) atoms. The maximum absolute atomic E-state index is 13.3. The summed E-state index contributed by atoms with van der Waals surface area (Å²) in [4.78, 5) is 0.243. The van der Waals surface area contributed by atoms with Crippen molar-refractivity contribution in [2.75, 3.05) is 7.05 Å². The zero-order valence-corrected chi connectivity index (χ0v) is 17.8. The van der Waals surface area contributed by atoms with Crippen LogP contribution in [0.4, 0.5) is 0 Å². The van der Waals surface area contributed by atoms with Crippen molar-refractivity contribution in [2.24, 2.45) is 0 Å². The van der Waals surface area contributed by atoms with Gasteiger partial charge in [-0.1, -0.05) is 35.5 Å². The van der Waals surface area contributed by atoms with Crippen molar-refractivity contribution in [2.45, 2.75) is 25.3 Å². The van der Waals surface area contributed by atoms with Crippen LogP contribution < -0.4 is 0 Å². The van der Waals surface area contributed by atoms with Crippen molar-refractivity contribution in [1.82, 2.24) is 19.2 Å². The van der Waals surface area contributed by atoms with Gasteiger partial charge >= 0.3 is 0 Å². The lowest BCUT2D eigenvalue weighted by molar-refractivity contribution is 0.427. The summed E-state index contributed by atoms with van der Waals surface area (Å²) in [7, 11) is -2.14. The molecule has 4 rings (SSSR count). The van der Waals surface area contributed by atoms with Crippen LogP contribution in [0.3, 0.4) is 0 Å². The molecule has 0 N–H and O–H groups in total. The molecule has 4 aromatic rings. The first kappa shape index (κ1) is 20.1. The molecular weight excluding hydrogens is 400 g/mol. The molecule has 0 radical (unpaired) electrons. The Kier molecular flexibility index (Phi) is 5.27. The van der Waals surface area contributed by atoms with E-state index in [9.17, 15) is 8.42 Å². The van der Waals surface area contributed by atoms with Crippen LogP contribution in [0.1, 0.15) is 16.8 Å². The van der Waals surface area contributed by atoms with Gasteiger partial charge in [0.05, 0.1) is 22.5 Å². The second kappa shape index (κ2) is 7.89. The molecule has 0 spiro atoms. The van der Waals surface area contributed by atoms with E-state index in [0.717, 1.165) is 16.9 Å². The van der Waals surface area contributed by atoms with Crippen LogP contribution in [0.15, 0.2) is 76.4 Å². The predicted molar refractivity (Wildman–Crippen MR) is 114 cm³/mol. The van der Waals surface area contributed by atoms with Gasteiger partial charge in [-0.3, -0.25) is 0 Å². The van der Waals surface area contributed by atoms with E-state index in [4.69, 9.17) is 4.52 Å². The number of aryl methyl sites for hydroxylation is 2. The summed E-state index contributed by atoms with van der Waals surface area (Å²) in [6.45, 7) is 3.81. The third-order valence-electron chi connectivity index (χ3n) is 4.85. The van der Waals surface area contributed by atoms with Crippen molar-refractivity contribution in [3.8, 4) is 17.0 Å². The Bertz CT molecular complexity index is 1280. The molecule has 8 heteroatoms. The van der Waals surface area contributed by atoms with E-state index in [2.05, 4.69) is 10.3 Å². The van der Waals surface area contributed by atoms with Gasteiger partial charge < -0.3 is 4.52 Å². The minimum Gasteiger partial charge on any atom is -0.356 e. The molecule has 7 nitrogen and oxygen atoms in total. The molecule has 0 amide bonds. The van der Waals surface area contributed by atoms with E-state index in [-0.39, 0.29) is 11.4 Å². The maximum Gasteiger partial charge on any atom is 0.243 e. The minimum absolute atomic E-state index is 0.209. The zero-order chi connectivity index (χ0) is 21.3. The van der Waals surface area contributed by atoms with E-state index in [0.29, 0.717) is 16.9 Å². The average molecular weight is 423 g/mol. The van der Waals surface area contributed by atoms with E-state index < -0.39 is 10.0 Å². The van der Waals surface area contributed by atoms with Crippen LogP contribution in [0.5, 0.6) is 0 Å². The first-order chi connectivity index (χ1) is 14.3. The molecule has 0 saturated carbocycles. The SMILES string of the molecule is Cc1cc(-c2ccc(C)c(S(=O)(=O)N(C)Cc3cnn(-c4ccccc4)c3)c2)on1. The molecule has 2 heterocycles. The predicted octanol–water partition coefficient (Wildman–Crippen LogP) is 3.96. The van der Waals surface area contributed by atoms with Crippen LogP contribution >= 0.6 is 0 Å². The fraction of sp³-hybridized carbons (Fsp3) is 0.182. The van der Waals surface area contributed by atoms with E-state index in [1.54, 1.807) is 43.0 Å². The van der Waals surface area contributed by atoms with Crippen LogP contribution in [0.2, 0.25) is 0 Å². The minimum atomic E-state index is -3.71. The summed E-state index contributed by atoms with van der Waals surface area (Å²) in [6, 6.07) is 16.7. The van der Waals surface area contributed by atoms with Gasteiger partial charge in [-0.05, 0) is 37.6 Å². The first-order valence-corrected chi connectivity index (χ1v) is 10.9. The van der Waals surface area contributed by atoms with Crippen LogP contribution in [0, 0.1) is 13.8 Å². The lowest BCUT2D eigenvalue weighted by atomic mass is 10.1. The topological polar surface area (TPSA) is 81.2 Å². The highest BCUT2D eigenvalue weighted by Crippen LogP contribution is 2.28. The molecule has 0 unspecified atom stereocenters. The van der Waals surface area contributed by atoms with Crippen molar-refractivity contribution in [1.29, 1.82) is 0 Å². The van der Waals surface area contributed by atoms with E-state index in [1.165, 1.54) is 4.31 Å². The highest BCUT2D eigenvalue weighted by molar-refractivity contribution is 7.89. The lowest BCUT2D eigenvalue weighted by Crippen LogP contribution is -2.27. The molecule has 2 aromatic heterocycles. The summed E-state index contributed by atoms with van der Waals surface area (Å²) in [5.74, 6) is 0.538. The van der Waals surface area contributed by atoms with E-state index in [1.807, 2.05) is 49.5 Å². The molecular formula is C22H22N4O3S. The average Bonchev–Trinajstić information content (AvgIpc) is 3.38. The van der Waals surface area contributed by atoms with Crippen LogP contribution in [0.25, 0.3) is 17.0 Å². The summed E-state index contributed by atoms with van der Waals surface area (Å²) in [6.07, 6.45) is 3.52. The third kappa shape index (κ3) is 3.92. The number of sulfonamides is 1. The van der Waals surface area contributed by atoms with Crippen molar-refractivity contribution < 1.29 is 12.9 Å². The number of nitrogens with zero attached hydrogens (tertiary/aromatic N) is 4. The quantitative estimate of drug-likeness (QED) is 0.470. The number of benzene rings is 2. The summed E-state index contributed by atoms with van der Waals surface area (Å²) < 4.78 is 34.9. The molecule has 0 aliphatic carbocycles. The van der Waals surface area contributed by atoms with Gasteiger partial charge in [-0.15, -0.1) is 0 Å². The second-order valence-corrected chi connectivity index (χ2v) is 9.22. The van der Waals surface area contributed by atoms with Gasteiger partial charge in [0.15, 0.2) is 5.76 Å². The van der Waals surface area contributed by atoms with Crippen LogP contribution in [-0.4, -0.2) is 34.7 Å². The highest BCUT2D eigenvalue weighted by atomic mass is 32.2. The molecule has 2 aromatic carbocycles. The Morgan fingerprint density at radius 3 is 2.53 bits per heavy atom. The Morgan fingerprint density at radius 2 is 1.83 bits per heavy atom. The van der Waals surface area contributed by atoms with Gasteiger partial charge in [-0.2, -0.15) is 9.40 Å². The van der Waals surface area contributed by atoms with Crippen molar-refractivity contribution in [3.05, 3.63) is 83.8 Å². The molecule has 0 aliphatic heterocycles. The largest absolute Gasteiger partial charge is 0.356 e. The molecule has 0 aliphatic rings.